The molecule has 18 heavy (non-hydrogen) atoms. The van der Waals surface area contributed by atoms with Crippen molar-refractivity contribution in [3.05, 3.63) is 12.2 Å². The maximum Gasteiger partial charge on any atom is 0.326 e. The van der Waals surface area contributed by atoms with E-state index in [-0.39, 0.29) is 6.54 Å². The fourth-order valence-corrected chi connectivity index (χ4v) is 1.26. The molecule has 1 atom stereocenters. The molecular weight excluding hydrogens is 240 g/mol. The lowest BCUT2D eigenvalue weighted by molar-refractivity contribution is -0.141. The van der Waals surface area contributed by atoms with Gasteiger partial charge in [-0.25, -0.2) is 9.59 Å². The number of urea groups is 1. The Kier molecular flexibility index (Phi) is 4.24. The molecule has 0 radical (unpaired) electrons. The van der Waals surface area contributed by atoms with E-state index in [1.807, 2.05) is 0 Å². The molecule has 0 fully saturated rings. The van der Waals surface area contributed by atoms with Crippen LogP contribution in [0.25, 0.3) is 0 Å². The van der Waals surface area contributed by atoms with Gasteiger partial charge in [-0.15, -0.1) is 0 Å². The second kappa shape index (κ2) is 5.48. The average molecular weight is 256 g/mol. The summed E-state index contributed by atoms with van der Waals surface area (Å²) in [5, 5.41) is 17.4. The first-order chi connectivity index (χ1) is 8.30. The molecule has 1 aromatic heterocycles. The van der Waals surface area contributed by atoms with E-state index in [9.17, 15) is 9.59 Å². The van der Waals surface area contributed by atoms with Crippen LogP contribution in [0.15, 0.2) is 10.9 Å². The molecule has 1 rings (SSSR count). The molecule has 8 heteroatoms. The van der Waals surface area contributed by atoms with Gasteiger partial charge in [-0.1, -0.05) is 25.9 Å². The van der Waals surface area contributed by atoms with Crippen molar-refractivity contribution in [1.82, 2.24) is 20.8 Å². The Morgan fingerprint density at radius 1 is 1.50 bits per heavy atom. The Bertz CT molecular complexity index is 410. The van der Waals surface area contributed by atoms with Gasteiger partial charge in [0.15, 0.2) is 5.82 Å². The predicted octanol–water partition coefficient (Wildman–Crippen LogP) is 0.368. The van der Waals surface area contributed by atoms with Crippen LogP contribution in [0.4, 0.5) is 4.79 Å². The summed E-state index contributed by atoms with van der Waals surface area (Å²) in [5.41, 5.74) is -0.588. The van der Waals surface area contributed by atoms with E-state index < -0.39 is 23.5 Å². The normalized spacial score (nSPS) is 12.8. The highest BCUT2D eigenvalue weighted by Gasteiger charge is 2.32. The van der Waals surface area contributed by atoms with Crippen LogP contribution >= 0.6 is 0 Å². The zero-order valence-electron chi connectivity index (χ0n) is 10.4. The third-order valence-corrected chi connectivity index (χ3v) is 2.20. The highest BCUT2D eigenvalue weighted by molar-refractivity contribution is 5.83. The maximum absolute atomic E-state index is 11.5. The van der Waals surface area contributed by atoms with Crippen molar-refractivity contribution in [1.29, 1.82) is 0 Å². The van der Waals surface area contributed by atoms with Gasteiger partial charge >= 0.3 is 12.0 Å². The summed E-state index contributed by atoms with van der Waals surface area (Å²) < 4.78 is 4.49. The molecule has 8 nitrogen and oxygen atoms in total. The summed E-state index contributed by atoms with van der Waals surface area (Å²) >= 11 is 0. The highest BCUT2D eigenvalue weighted by Crippen LogP contribution is 2.19. The molecule has 3 N–H and O–H groups in total. The number of amides is 2. The number of aromatic nitrogens is 2. The molecule has 0 aliphatic heterocycles. The first-order valence-corrected chi connectivity index (χ1v) is 5.33. The molecule has 0 saturated carbocycles. The second-order valence-corrected chi connectivity index (χ2v) is 4.81. The summed E-state index contributed by atoms with van der Waals surface area (Å²) in [6.07, 6.45) is 1.14. The van der Waals surface area contributed by atoms with Gasteiger partial charge in [0.25, 0.3) is 0 Å². The third-order valence-electron chi connectivity index (χ3n) is 2.20. The summed E-state index contributed by atoms with van der Waals surface area (Å²) in [7, 11) is 0. The number of hydrogen-bond donors (Lipinski definition) is 3. The molecule has 0 unspecified atom stereocenters. The van der Waals surface area contributed by atoms with Crippen LogP contribution in [0.2, 0.25) is 0 Å². The van der Waals surface area contributed by atoms with E-state index in [2.05, 4.69) is 25.3 Å². The first kappa shape index (κ1) is 13.9. The van der Waals surface area contributed by atoms with E-state index >= 15 is 0 Å². The van der Waals surface area contributed by atoms with Crippen LogP contribution < -0.4 is 10.6 Å². The maximum atomic E-state index is 11.5. The lowest BCUT2D eigenvalue weighted by Crippen LogP contribution is -2.52. The standard InChI is InChI=1S/C10H16N4O4/c1-10(2,3)7(8(15)16)13-9(17)11-4-6-12-5-18-14-6/h5,7H,4H2,1-3H3,(H,15,16)(H2,11,13,17)/t7-/m1/s1. The van der Waals surface area contributed by atoms with Crippen molar-refractivity contribution in [2.45, 2.75) is 33.4 Å². The molecule has 0 aromatic carbocycles. The lowest BCUT2D eigenvalue weighted by Gasteiger charge is -2.27. The number of carbonyl (C=O) groups is 2. The second-order valence-electron chi connectivity index (χ2n) is 4.81. The molecule has 1 aromatic rings. The van der Waals surface area contributed by atoms with E-state index in [4.69, 9.17) is 5.11 Å². The van der Waals surface area contributed by atoms with Crippen molar-refractivity contribution in [3.8, 4) is 0 Å². The summed E-state index contributed by atoms with van der Waals surface area (Å²) in [6, 6.07) is -1.58. The van der Waals surface area contributed by atoms with Gasteiger partial charge < -0.3 is 20.3 Å². The van der Waals surface area contributed by atoms with Crippen molar-refractivity contribution < 1.29 is 19.2 Å². The summed E-state index contributed by atoms with van der Waals surface area (Å²) in [5.74, 6) is -0.773. The fourth-order valence-electron chi connectivity index (χ4n) is 1.26. The largest absolute Gasteiger partial charge is 0.480 e. The fraction of sp³-hybridized carbons (Fsp3) is 0.600. The van der Waals surface area contributed by atoms with Crippen LogP contribution in [0.3, 0.4) is 0 Å². The van der Waals surface area contributed by atoms with Crippen molar-refractivity contribution in [2.24, 2.45) is 5.41 Å². The van der Waals surface area contributed by atoms with Gasteiger partial charge in [-0.2, -0.15) is 4.98 Å². The minimum Gasteiger partial charge on any atom is -0.480 e. The summed E-state index contributed by atoms with van der Waals surface area (Å²) in [4.78, 5) is 26.3. The van der Waals surface area contributed by atoms with Crippen molar-refractivity contribution >= 4 is 12.0 Å². The molecule has 1 heterocycles. The SMILES string of the molecule is CC(C)(C)[C@H](NC(=O)NCc1ncon1)C(=O)O. The van der Waals surface area contributed by atoms with Gasteiger partial charge in [-0.05, 0) is 5.41 Å². The number of aliphatic carboxylic acids is 1. The van der Waals surface area contributed by atoms with Gasteiger partial charge in [0.1, 0.15) is 6.04 Å². The Morgan fingerprint density at radius 3 is 2.61 bits per heavy atom. The molecule has 0 aliphatic rings. The predicted molar refractivity (Wildman–Crippen MR) is 60.5 cm³/mol. The number of carbonyl (C=O) groups excluding carboxylic acids is 1. The Morgan fingerprint density at radius 2 is 2.17 bits per heavy atom. The minimum absolute atomic E-state index is 0.0683. The lowest BCUT2D eigenvalue weighted by atomic mass is 9.87. The topological polar surface area (TPSA) is 117 Å². The number of carboxylic acids is 1. The van der Waals surface area contributed by atoms with E-state index in [1.165, 1.54) is 0 Å². The quantitative estimate of drug-likeness (QED) is 0.716. The van der Waals surface area contributed by atoms with Gasteiger partial charge in [0.05, 0.1) is 6.54 Å². The highest BCUT2D eigenvalue weighted by atomic mass is 16.5. The molecule has 0 spiro atoms. The molecular formula is C10H16N4O4. The van der Waals surface area contributed by atoms with Gasteiger partial charge in [0.2, 0.25) is 6.39 Å². The number of rotatable bonds is 4. The molecule has 0 saturated heterocycles. The smallest absolute Gasteiger partial charge is 0.326 e. The van der Waals surface area contributed by atoms with Crippen LogP contribution in [0.1, 0.15) is 26.6 Å². The van der Waals surface area contributed by atoms with Crippen LogP contribution in [0.5, 0.6) is 0 Å². The number of hydrogen-bond acceptors (Lipinski definition) is 5. The molecule has 100 valence electrons. The first-order valence-electron chi connectivity index (χ1n) is 5.33. The Hall–Kier alpha value is -2.12. The number of carboxylic acid groups (broad SMARTS) is 1. The average Bonchev–Trinajstić information content (AvgIpc) is 2.73. The zero-order valence-corrected chi connectivity index (χ0v) is 10.4. The van der Waals surface area contributed by atoms with Crippen LogP contribution in [-0.2, 0) is 11.3 Å². The third kappa shape index (κ3) is 4.04. The molecule has 2 amide bonds. The summed E-state index contributed by atoms with van der Waals surface area (Å²) in [6.45, 7) is 5.25. The Labute approximate surface area is 104 Å². The van der Waals surface area contributed by atoms with Gasteiger partial charge in [0, 0.05) is 0 Å². The number of nitrogens with zero attached hydrogens (tertiary/aromatic N) is 2. The van der Waals surface area contributed by atoms with Crippen molar-refractivity contribution in [3.63, 3.8) is 0 Å². The Balaban J connectivity index is 2.49. The minimum atomic E-state index is -1.09. The van der Waals surface area contributed by atoms with Crippen LogP contribution in [-0.4, -0.2) is 33.3 Å². The van der Waals surface area contributed by atoms with E-state index in [1.54, 1.807) is 20.8 Å². The van der Waals surface area contributed by atoms with E-state index in [0.717, 1.165) is 6.39 Å². The van der Waals surface area contributed by atoms with E-state index in [0.29, 0.717) is 5.82 Å². The molecule has 0 bridgehead atoms. The van der Waals surface area contributed by atoms with Gasteiger partial charge in [-0.3, -0.25) is 0 Å². The monoisotopic (exact) mass is 256 g/mol. The van der Waals surface area contributed by atoms with Crippen molar-refractivity contribution in [2.75, 3.05) is 0 Å². The zero-order chi connectivity index (χ0) is 13.8. The molecule has 0 aliphatic carbocycles. The van der Waals surface area contributed by atoms with Crippen LogP contribution in [0, 0.1) is 5.41 Å². The number of nitrogens with one attached hydrogen (secondary N) is 2.